The van der Waals surface area contributed by atoms with Crippen LogP contribution in [0.4, 0.5) is 0 Å². The number of benzene rings is 2. The number of primary amides is 1. The lowest BCUT2D eigenvalue weighted by atomic mass is 9.66. The fourth-order valence-corrected chi connectivity index (χ4v) is 7.18. The predicted octanol–water partition coefficient (Wildman–Crippen LogP) is 4.19. The zero-order valence-corrected chi connectivity index (χ0v) is 21.5. The molecule has 0 radical (unpaired) electrons. The van der Waals surface area contributed by atoms with Crippen LogP contribution in [0.15, 0.2) is 41.4 Å². The van der Waals surface area contributed by atoms with Gasteiger partial charge in [0.1, 0.15) is 5.03 Å². The molecule has 0 saturated heterocycles. The summed E-state index contributed by atoms with van der Waals surface area (Å²) in [4.78, 5) is 18.0. The van der Waals surface area contributed by atoms with Crippen LogP contribution in [-0.4, -0.2) is 43.6 Å². The molecule has 188 valence electrons. The van der Waals surface area contributed by atoms with Crippen LogP contribution in [-0.2, 0) is 28.2 Å². The highest BCUT2D eigenvalue weighted by Gasteiger charge is 2.38. The van der Waals surface area contributed by atoms with E-state index in [0.29, 0.717) is 16.5 Å². The monoisotopic (exact) mass is 504 g/mol. The molecule has 1 amide bonds. The van der Waals surface area contributed by atoms with E-state index in [1.807, 2.05) is 24.3 Å². The van der Waals surface area contributed by atoms with Crippen molar-refractivity contribution in [2.24, 2.45) is 5.73 Å². The summed E-state index contributed by atoms with van der Waals surface area (Å²) in [6.07, 6.45) is 8.34. The highest BCUT2D eigenvalue weighted by atomic mass is 32.2. The maximum Gasteiger partial charge on any atom is 0.252 e. The molecule has 5 rings (SSSR count). The molecule has 2 heterocycles. The number of nitrogens with zero attached hydrogens (tertiary/aromatic N) is 2. The molecule has 7 nitrogen and oxygen atoms in total. The highest BCUT2D eigenvalue weighted by molar-refractivity contribution is 7.90. The summed E-state index contributed by atoms with van der Waals surface area (Å²) in [5, 5.41) is 9.87. The van der Waals surface area contributed by atoms with E-state index in [0.717, 1.165) is 70.0 Å². The number of H-pyrrole nitrogens is 1. The van der Waals surface area contributed by atoms with Crippen molar-refractivity contribution in [3.63, 3.8) is 0 Å². The summed E-state index contributed by atoms with van der Waals surface area (Å²) < 4.78 is 25.0. The second-order valence-electron chi connectivity index (χ2n) is 10.4. The number of rotatable bonds is 6. The van der Waals surface area contributed by atoms with Crippen LogP contribution in [0.5, 0.6) is 0 Å². The van der Waals surface area contributed by atoms with Gasteiger partial charge in [0.15, 0.2) is 9.84 Å². The Morgan fingerprint density at radius 2 is 1.94 bits per heavy atom. The lowest BCUT2D eigenvalue weighted by Crippen LogP contribution is -2.37. The Hall–Kier alpha value is -3.15. The normalized spacial score (nSPS) is 18.0. The first-order chi connectivity index (χ1) is 17.2. The Balaban J connectivity index is 1.52. The van der Waals surface area contributed by atoms with Crippen molar-refractivity contribution in [3.8, 4) is 6.07 Å². The molecule has 3 aromatic rings. The molecule has 36 heavy (non-hydrogen) atoms. The van der Waals surface area contributed by atoms with Gasteiger partial charge >= 0.3 is 0 Å². The second-order valence-corrected chi connectivity index (χ2v) is 12.4. The van der Waals surface area contributed by atoms with Gasteiger partial charge in [0, 0.05) is 30.2 Å². The van der Waals surface area contributed by atoms with Crippen LogP contribution < -0.4 is 5.73 Å². The van der Waals surface area contributed by atoms with Gasteiger partial charge in [0.25, 0.3) is 5.91 Å². The van der Waals surface area contributed by atoms with E-state index in [9.17, 15) is 18.5 Å². The van der Waals surface area contributed by atoms with Crippen molar-refractivity contribution < 1.29 is 13.2 Å². The number of nitriles is 1. The maximum atomic E-state index is 12.6. The Labute approximate surface area is 212 Å². The van der Waals surface area contributed by atoms with E-state index in [1.54, 1.807) is 0 Å². The average molecular weight is 505 g/mol. The zero-order chi connectivity index (χ0) is 25.5. The number of hydrogen-bond donors (Lipinski definition) is 2. The number of nitrogens with two attached hydrogens (primary N) is 1. The third-order valence-corrected chi connectivity index (χ3v) is 9.17. The molecule has 1 fully saturated rings. The van der Waals surface area contributed by atoms with Crippen LogP contribution in [0.2, 0.25) is 0 Å². The van der Waals surface area contributed by atoms with Crippen LogP contribution in [0, 0.1) is 11.3 Å². The Morgan fingerprint density at radius 1 is 1.17 bits per heavy atom. The number of hydrogen-bond acceptors (Lipinski definition) is 5. The van der Waals surface area contributed by atoms with Crippen molar-refractivity contribution in [2.75, 3.05) is 19.3 Å². The summed E-state index contributed by atoms with van der Waals surface area (Å²) in [6, 6.07) is 14.0. The minimum absolute atomic E-state index is 0.0870. The fraction of sp³-hybridized carbons (Fsp3) is 0.429. The number of carbonyl (C=O) groups excluding carboxylic acids is 1. The van der Waals surface area contributed by atoms with E-state index in [-0.39, 0.29) is 16.0 Å². The lowest BCUT2D eigenvalue weighted by molar-refractivity contribution is 0.0998. The molecule has 0 atom stereocenters. The quantitative estimate of drug-likeness (QED) is 0.521. The first kappa shape index (κ1) is 24.5. The number of carbonyl (C=O) groups is 1. The van der Waals surface area contributed by atoms with Gasteiger partial charge in [-0.05, 0) is 72.5 Å². The largest absolute Gasteiger partial charge is 0.365 e. The van der Waals surface area contributed by atoms with Crippen molar-refractivity contribution >= 4 is 26.6 Å². The SMILES string of the molecule is CS(=O)(=O)c1[nH]c2cccc(C3(CCN4CCc5ccc(C#N)cc5C4)CCCCC3)c2c1C(N)=O. The first-order valence-electron chi connectivity index (χ1n) is 12.6. The molecule has 0 spiro atoms. The Morgan fingerprint density at radius 3 is 2.64 bits per heavy atom. The summed E-state index contributed by atoms with van der Waals surface area (Å²) in [5.74, 6) is -0.721. The van der Waals surface area contributed by atoms with E-state index in [1.165, 1.54) is 17.5 Å². The number of amides is 1. The van der Waals surface area contributed by atoms with E-state index >= 15 is 0 Å². The Kier molecular flexibility index (Phi) is 6.39. The van der Waals surface area contributed by atoms with Gasteiger partial charge in [-0.1, -0.05) is 37.5 Å². The van der Waals surface area contributed by atoms with Gasteiger partial charge < -0.3 is 10.7 Å². The summed E-state index contributed by atoms with van der Waals surface area (Å²) in [5.41, 5.74) is 10.6. The van der Waals surface area contributed by atoms with Crippen LogP contribution >= 0.6 is 0 Å². The molecular weight excluding hydrogens is 472 g/mol. The minimum Gasteiger partial charge on any atom is -0.365 e. The van der Waals surface area contributed by atoms with Crippen molar-refractivity contribution in [2.45, 2.75) is 61.9 Å². The molecular formula is C28H32N4O3S. The van der Waals surface area contributed by atoms with Crippen LogP contribution in [0.1, 0.15) is 71.1 Å². The van der Waals surface area contributed by atoms with Crippen molar-refractivity contribution in [3.05, 3.63) is 64.2 Å². The molecule has 3 N–H and O–H groups in total. The second kappa shape index (κ2) is 9.38. The number of aromatic nitrogens is 1. The fourth-order valence-electron chi connectivity index (χ4n) is 6.31. The molecule has 1 aliphatic carbocycles. The Bertz CT molecular complexity index is 1480. The predicted molar refractivity (Wildman–Crippen MR) is 139 cm³/mol. The van der Waals surface area contributed by atoms with Gasteiger partial charge in [-0.2, -0.15) is 5.26 Å². The lowest BCUT2D eigenvalue weighted by Gasteiger charge is -2.41. The topological polar surface area (TPSA) is 120 Å². The van der Waals surface area contributed by atoms with Gasteiger partial charge in [0.2, 0.25) is 0 Å². The maximum absolute atomic E-state index is 12.6. The van der Waals surface area contributed by atoms with E-state index in [2.05, 4.69) is 28.1 Å². The van der Waals surface area contributed by atoms with E-state index < -0.39 is 15.7 Å². The van der Waals surface area contributed by atoms with Gasteiger partial charge in [-0.15, -0.1) is 0 Å². The van der Waals surface area contributed by atoms with Crippen LogP contribution in [0.3, 0.4) is 0 Å². The van der Waals surface area contributed by atoms with Crippen LogP contribution in [0.25, 0.3) is 10.9 Å². The first-order valence-corrected chi connectivity index (χ1v) is 14.5. The highest BCUT2D eigenvalue weighted by Crippen LogP contribution is 2.46. The molecule has 8 heteroatoms. The molecule has 1 aliphatic heterocycles. The molecule has 0 unspecified atom stereocenters. The standard InChI is InChI=1S/C28H32N4O3S/c1-36(34,35)27-25(26(30)33)24-22(6-5-7-23(24)31-27)28(11-3-2-4-12-28)13-15-32-14-10-20-9-8-19(17-29)16-21(20)18-32/h5-9,16,31H,2-4,10-15,18H2,1H3,(H2,30,33). The minimum atomic E-state index is -3.66. The van der Waals surface area contributed by atoms with Crippen molar-refractivity contribution in [1.29, 1.82) is 5.26 Å². The van der Waals surface area contributed by atoms with Gasteiger partial charge in [-0.25, -0.2) is 8.42 Å². The molecule has 1 aromatic heterocycles. The van der Waals surface area contributed by atoms with E-state index in [4.69, 9.17) is 5.73 Å². The summed E-state index contributed by atoms with van der Waals surface area (Å²) in [7, 11) is -3.66. The molecule has 1 saturated carbocycles. The molecule has 2 aromatic carbocycles. The third-order valence-electron chi connectivity index (χ3n) is 8.12. The number of fused-ring (bicyclic) bond motifs is 2. The zero-order valence-electron chi connectivity index (χ0n) is 20.6. The third kappa shape index (κ3) is 4.42. The molecule has 0 bridgehead atoms. The molecule has 2 aliphatic rings. The summed E-state index contributed by atoms with van der Waals surface area (Å²) in [6.45, 7) is 2.68. The van der Waals surface area contributed by atoms with Crippen molar-refractivity contribution in [1.82, 2.24) is 9.88 Å². The number of sulfone groups is 1. The average Bonchev–Trinajstić information content (AvgIpc) is 3.28. The summed E-state index contributed by atoms with van der Waals surface area (Å²) >= 11 is 0. The van der Waals surface area contributed by atoms with Gasteiger partial charge in [-0.3, -0.25) is 9.69 Å². The smallest absolute Gasteiger partial charge is 0.252 e. The number of aromatic amines is 1. The van der Waals surface area contributed by atoms with Gasteiger partial charge in [0.05, 0.1) is 17.2 Å². The number of nitrogens with one attached hydrogen (secondary N) is 1.